The Morgan fingerprint density at radius 1 is 1.05 bits per heavy atom. The van der Waals surface area contributed by atoms with Crippen molar-refractivity contribution in [2.45, 2.75) is 36.2 Å². The molecule has 22 heavy (non-hydrogen) atoms. The maximum absolute atomic E-state index is 12.7. The van der Waals surface area contributed by atoms with E-state index in [9.17, 15) is 28.2 Å². The smallest absolute Gasteiger partial charge is 0.322 e. The molecule has 1 aromatic carbocycles. The quantitative estimate of drug-likeness (QED) is 0.851. The fraction of sp³-hybridized carbons (Fsp3) is 0.385. The summed E-state index contributed by atoms with van der Waals surface area (Å²) >= 11 is 5.71. The van der Waals surface area contributed by atoms with Crippen molar-refractivity contribution in [3.8, 4) is 0 Å². The Bertz CT molecular complexity index is 665. The number of carboxylic acid groups (broad SMARTS) is 2. The van der Waals surface area contributed by atoms with E-state index in [0.29, 0.717) is 15.7 Å². The van der Waals surface area contributed by atoms with Crippen LogP contribution in [0, 0.1) is 0 Å². The van der Waals surface area contributed by atoms with Gasteiger partial charge in [-0.15, -0.1) is 0 Å². The number of rotatable bonds is 4. The second kappa shape index (κ2) is 6.23. The van der Waals surface area contributed by atoms with Gasteiger partial charge in [-0.05, 0) is 43.5 Å². The zero-order valence-electron chi connectivity index (χ0n) is 11.3. The van der Waals surface area contributed by atoms with Gasteiger partial charge in [0.05, 0.1) is 4.90 Å². The molecule has 0 aromatic heterocycles. The molecule has 9 heteroatoms. The number of carboxylic acids is 2. The predicted molar refractivity (Wildman–Crippen MR) is 77.2 cm³/mol. The molecule has 0 amide bonds. The van der Waals surface area contributed by atoms with Crippen molar-refractivity contribution in [1.29, 1.82) is 0 Å². The van der Waals surface area contributed by atoms with Gasteiger partial charge in [0, 0.05) is 5.02 Å². The third kappa shape index (κ3) is 3.08. The fourth-order valence-electron chi connectivity index (χ4n) is 2.50. The summed E-state index contributed by atoms with van der Waals surface area (Å²) in [6.07, 6.45) is 0.485. The van der Waals surface area contributed by atoms with Crippen LogP contribution in [0.2, 0.25) is 5.02 Å². The molecule has 0 aliphatic carbocycles. The molecular formula is C13H14ClNO6S. The Morgan fingerprint density at radius 2 is 1.50 bits per heavy atom. The average molecular weight is 348 g/mol. The Morgan fingerprint density at radius 3 is 1.91 bits per heavy atom. The Hall–Kier alpha value is -1.64. The molecule has 1 fully saturated rings. The van der Waals surface area contributed by atoms with Crippen LogP contribution in [0.3, 0.4) is 0 Å². The number of sulfonamides is 1. The summed E-state index contributed by atoms with van der Waals surface area (Å²) in [5.41, 5.74) is 0. The number of nitrogens with zero attached hydrogens (tertiary/aromatic N) is 1. The summed E-state index contributed by atoms with van der Waals surface area (Å²) in [6.45, 7) is 0. The molecule has 0 unspecified atom stereocenters. The summed E-state index contributed by atoms with van der Waals surface area (Å²) in [6, 6.07) is 2.37. The molecule has 1 aliphatic heterocycles. The van der Waals surface area contributed by atoms with Crippen molar-refractivity contribution in [2.24, 2.45) is 0 Å². The van der Waals surface area contributed by atoms with Gasteiger partial charge in [0.15, 0.2) is 0 Å². The lowest BCUT2D eigenvalue weighted by atomic mass is 9.99. The van der Waals surface area contributed by atoms with Crippen molar-refractivity contribution in [3.05, 3.63) is 29.3 Å². The number of carbonyl (C=O) groups is 2. The zero-order chi connectivity index (χ0) is 16.5. The molecule has 120 valence electrons. The van der Waals surface area contributed by atoms with Crippen LogP contribution in [0.15, 0.2) is 29.2 Å². The van der Waals surface area contributed by atoms with Gasteiger partial charge in [-0.3, -0.25) is 9.59 Å². The highest BCUT2D eigenvalue weighted by Crippen LogP contribution is 2.30. The largest absolute Gasteiger partial charge is 0.480 e. The van der Waals surface area contributed by atoms with Gasteiger partial charge in [-0.1, -0.05) is 11.6 Å². The van der Waals surface area contributed by atoms with E-state index in [4.69, 9.17) is 11.6 Å². The first-order chi connectivity index (χ1) is 10.2. The Balaban J connectivity index is 2.52. The molecule has 2 atom stereocenters. The van der Waals surface area contributed by atoms with E-state index in [1.807, 2.05) is 0 Å². The lowest BCUT2D eigenvalue weighted by molar-refractivity contribution is -0.149. The van der Waals surface area contributed by atoms with Crippen molar-refractivity contribution >= 4 is 33.6 Å². The van der Waals surface area contributed by atoms with E-state index in [2.05, 4.69) is 0 Å². The first-order valence-electron chi connectivity index (χ1n) is 6.50. The highest BCUT2D eigenvalue weighted by molar-refractivity contribution is 7.89. The minimum atomic E-state index is -4.25. The van der Waals surface area contributed by atoms with Gasteiger partial charge in [0.25, 0.3) is 0 Å². The summed E-state index contributed by atoms with van der Waals surface area (Å²) in [5.74, 6) is -2.72. The SMILES string of the molecule is O=C(O)[C@H]1CCC[C@H](C(=O)O)N1S(=O)(=O)c1ccc(Cl)cc1. The number of benzene rings is 1. The van der Waals surface area contributed by atoms with Crippen LogP contribution in [0.1, 0.15) is 19.3 Å². The maximum atomic E-state index is 12.7. The van der Waals surface area contributed by atoms with E-state index < -0.39 is 34.0 Å². The second-order valence-electron chi connectivity index (χ2n) is 4.93. The molecule has 0 bridgehead atoms. The number of piperidine rings is 1. The van der Waals surface area contributed by atoms with Gasteiger partial charge >= 0.3 is 11.9 Å². The highest BCUT2D eigenvalue weighted by atomic mass is 35.5. The standard InChI is InChI=1S/C13H14ClNO6S/c14-8-4-6-9(7-5-8)22(20,21)15-10(12(16)17)2-1-3-11(15)13(18)19/h4-7,10-11H,1-3H2,(H,16,17)(H,18,19)/t10-,11-/m1/s1. The number of halogens is 1. The van der Waals surface area contributed by atoms with Gasteiger partial charge < -0.3 is 10.2 Å². The Kier molecular flexibility index (Phi) is 4.74. The number of aliphatic carboxylic acids is 2. The molecular weight excluding hydrogens is 334 g/mol. The van der Waals surface area contributed by atoms with Crippen molar-refractivity contribution < 1.29 is 28.2 Å². The molecule has 0 spiro atoms. The topological polar surface area (TPSA) is 112 Å². The second-order valence-corrected chi connectivity index (χ2v) is 7.21. The lowest BCUT2D eigenvalue weighted by Crippen LogP contribution is -2.55. The predicted octanol–water partition coefficient (Wildman–Crippen LogP) is 1.42. The van der Waals surface area contributed by atoms with E-state index in [-0.39, 0.29) is 17.7 Å². The van der Waals surface area contributed by atoms with Crippen LogP contribution >= 0.6 is 11.6 Å². The van der Waals surface area contributed by atoms with E-state index >= 15 is 0 Å². The van der Waals surface area contributed by atoms with Crippen molar-refractivity contribution in [2.75, 3.05) is 0 Å². The zero-order valence-corrected chi connectivity index (χ0v) is 12.9. The van der Waals surface area contributed by atoms with E-state index in [0.717, 1.165) is 0 Å². The monoisotopic (exact) mass is 347 g/mol. The van der Waals surface area contributed by atoms with E-state index in [1.54, 1.807) is 0 Å². The first kappa shape index (κ1) is 16.7. The number of hydrogen-bond donors (Lipinski definition) is 2. The lowest BCUT2D eigenvalue weighted by Gasteiger charge is -2.36. The van der Waals surface area contributed by atoms with Crippen LogP contribution in [0.4, 0.5) is 0 Å². The molecule has 2 rings (SSSR count). The minimum Gasteiger partial charge on any atom is -0.480 e. The van der Waals surface area contributed by atoms with Crippen LogP contribution in [0.25, 0.3) is 0 Å². The molecule has 1 saturated heterocycles. The van der Waals surface area contributed by atoms with Crippen molar-refractivity contribution in [1.82, 2.24) is 4.31 Å². The molecule has 1 aromatic rings. The van der Waals surface area contributed by atoms with Gasteiger partial charge in [0.2, 0.25) is 10.0 Å². The summed E-state index contributed by atoms with van der Waals surface area (Å²) in [7, 11) is -4.25. The van der Waals surface area contributed by atoms with Crippen LogP contribution in [-0.2, 0) is 19.6 Å². The molecule has 1 heterocycles. The van der Waals surface area contributed by atoms with Crippen LogP contribution in [0.5, 0.6) is 0 Å². The molecule has 2 N–H and O–H groups in total. The van der Waals surface area contributed by atoms with Crippen LogP contribution in [-0.4, -0.2) is 47.0 Å². The summed E-state index contributed by atoms with van der Waals surface area (Å²) < 4.78 is 26.0. The Labute approximate surface area is 132 Å². The molecule has 7 nitrogen and oxygen atoms in total. The van der Waals surface area contributed by atoms with Gasteiger partial charge in [-0.25, -0.2) is 8.42 Å². The normalized spacial score (nSPS) is 23.1. The summed E-state index contributed by atoms with van der Waals surface area (Å²) in [4.78, 5) is 22.5. The molecule has 1 aliphatic rings. The fourth-order valence-corrected chi connectivity index (χ4v) is 4.41. The number of hydrogen-bond acceptors (Lipinski definition) is 4. The summed E-state index contributed by atoms with van der Waals surface area (Å²) in [5, 5.41) is 18.8. The van der Waals surface area contributed by atoms with Crippen LogP contribution < -0.4 is 0 Å². The third-order valence-electron chi connectivity index (χ3n) is 3.53. The molecule has 0 saturated carbocycles. The third-order valence-corrected chi connectivity index (χ3v) is 5.71. The first-order valence-corrected chi connectivity index (χ1v) is 8.31. The maximum Gasteiger partial charge on any atom is 0.322 e. The van der Waals surface area contributed by atoms with Crippen molar-refractivity contribution in [3.63, 3.8) is 0 Å². The average Bonchev–Trinajstić information content (AvgIpc) is 2.46. The van der Waals surface area contributed by atoms with Gasteiger partial charge in [-0.2, -0.15) is 4.31 Å². The molecule has 0 radical (unpaired) electrons. The highest BCUT2D eigenvalue weighted by Gasteiger charge is 2.46. The van der Waals surface area contributed by atoms with E-state index in [1.165, 1.54) is 24.3 Å². The minimum absolute atomic E-state index is 0.0753. The van der Waals surface area contributed by atoms with Gasteiger partial charge in [0.1, 0.15) is 12.1 Å².